The molecule has 0 aliphatic heterocycles. The van der Waals surface area contributed by atoms with Gasteiger partial charge in [-0.25, -0.2) is 0 Å². The van der Waals surface area contributed by atoms with Crippen molar-refractivity contribution in [3.8, 4) is 0 Å². The van der Waals surface area contributed by atoms with E-state index in [1.54, 1.807) is 0 Å². The standard InChI is InChI=1S/C10H24N2O2/c1-5-14-9-10(13)8-12(4)7-6-11(2)3/h10,13H,5-9H2,1-4H3. The molecule has 14 heavy (non-hydrogen) atoms. The molecule has 0 saturated heterocycles. The highest BCUT2D eigenvalue weighted by atomic mass is 16.5. The molecule has 0 bridgehead atoms. The highest BCUT2D eigenvalue weighted by Gasteiger charge is 2.07. The monoisotopic (exact) mass is 204 g/mol. The first-order chi connectivity index (χ1) is 6.56. The van der Waals surface area contributed by atoms with Gasteiger partial charge >= 0.3 is 0 Å². The lowest BCUT2D eigenvalue weighted by atomic mass is 10.3. The maximum absolute atomic E-state index is 9.54. The third-order valence-electron chi connectivity index (χ3n) is 1.97. The Morgan fingerprint density at radius 2 is 1.86 bits per heavy atom. The van der Waals surface area contributed by atoms with Crippen molar-refractivity contribution in [2.45, 2.75) is 13.0 Å². The Hall–Kier alpha value is -0.160. The van der Waals surface area contributed by atoms with Gasteiger partial charge in [-0.1, -0.05) is 0 Å². The molecule has 86 valence electrons. The molecular formula is C10H24N2O2. The number of nitrogens with zero attached hydrogens (tertiary/aromatic N) is 2. The Kier molecular flexibility index (Phi) is 8.08. The van der Waals surface area contributed by atoms with Gasteiger partial charge in [-0.05, 0) is 28.1 Å². The van der Waals surface area contributed by atoms with E-state index in [1.165, 1.54) is 0 Å². The lowest BCUT2D eigenvalue weighted by Crippen LogP contribution is -2.36. The smallest absolute Gasteiger partial charge is 0.0900 e. The summed E-state index contributed by atoms with van der Waals surface area (Å²) in [6.07, 6.45) is -0.373. The highest BCUT2D eigenvalue weighted by molar-refractivity contribution is 4.61. The molecule has 0 rings (SSSR count). The molecule has 1 unspecified atom stereocenters. The summed E-state index contributed by atoms with van der Waals surface area (Å²) in [5.74, 6) is 0. The van der Waals surface area contributed by atoms with E-state index in [0.717, 1.165) is 13.1 Å². The van der Waals surface area contributed by atoms with Crippen LogP contribution in [0.4, 0.5) is 0 Å². The van der Waals surface area contributed by atoms with Gasteiger partial charge in [-0.2, -0.15) is 0 Å². The molecular weight excluding hydrogens is 180 g/mol. The highest BCUT2D eigenvalue weighted by Crippen LogP contribution is 1.91. The second-order valence-corrected chi connectivity index (χ2v) is 3.88. The number of hydrogen-bond donors (Lipinski definition) is 1. The number of rotatable bonds is 8. The molecule has 0 heterocycles. The first-order valence-corrected chi connectivity index (χ1v) is 5.15. The van der Waals surface area contributed by atoms with Gasteiger partial charge in [0.1, 0.15) is 0 Å². The van der Waals surface area contributed by atoms with Crippen molar-refractivity contribution < 1.29 is 9.84 Å². The second kappa shape index (κ2) is 8.17. The van der Waals surface area contributed by atoms with Crippen molar-refractivity contribution in [2.75, 3.05) is 54.0 Å². The van der Waals surface area contributed by atoms with Crippen LogP contribution in [-0.4, -0.2) is 75.0 Å². The Labute approximate surface area is 87.5 Å². The van der Waals surface area contributed by atoms with Gasteiger partial charge in [-0.3, -0.25) is 0 Å². The topological polar surface area (TPSA) is 35.9 Å². The minimum absolute atomic E-state index is 0.373. The summed E-state index contributed by atoms with van der Waals surface area (Å²) in [6.45, 7) is 5.69. The lowest BCUT2D eigenvalue weighted by Gasteiger charge is -2.22. The molecule has 0 spiro atoms. The summed E-state index contributed by atoms with van der Waals surface area (Å²) in [5.41, 5.74) is 0. The van der Waals surface area contributed by atoms with Gasteiger partial charge in [-0.15, -0.1) is 0 Å². The molecule has 4 nitrogen and oxygen atoms in total. The molecule has 0 fully saturated rings. The van der Waals surface area contributed by atoms with Crippen LogP contribution in [0.2, 0.25) is 0 Å². The fourth-order valence-electron chi connectivity index (χ4n) is 1.13. The van der Waals surface area contributed by atoms with E-state index in [9.17, 15) is 5.11 Å². The zero-order chi connectivity index (χ0) is 11.0. The fraction of sp³-hybridized carbons (Fsp3) is 1.00. The number of likely N-dealkylation sites (N-methyl/N-ethyl adjacent to an activating group) is 2. The molecule has 0 radical (unpaired) electrons. The van der Waals surface area contributed by atoms with Crippen LogP contribution < -0.4 is 0 Å². The molecule has 1 atom stereocenters. The molecule has 0 amide bonds. The second-order valence-electron chi connectivity index (χ2n) is 3.88. The summed E-state index contributed by atoms with van der Waals surface area (Å²) in [5, 5.41) is 9.54. The number of ether oxygens (including phenoxy) is 1. The Bertz CT molecular complexity index is 131. The van der Waals surface area contributed by atoms with E-state index < -0.39 is 0 Å². The fourth-order valence-corrected chi connectivity index (χ4v) is 1.13. The average molecular weight is 204 g/mol. The number of aliphatic hydroxyl groups is 1. The molecule has 0 aromatic rings. The van der Waals surface area contributed by atoms with Crippen LogP contribution in [0.1, 0.15) is 6.92 Å². The molecule has 1 N–H and O–H groups in total. The van der Waals surface area contributed by atoms with E-state index in [0.29, 0.717) is 19.8 Å². The molecule has 4 heteroatoms. The zero-order valence-corrected chi connectivity index (χ0v) is 9.86. The van der Waals surface area contributed by atoms with Crippen molar-refractivity contribution in [1.29, 1.82) is 0 Å². The quantitative estimate of drug-likeness (QED) is 0.598. The van der Waals surface area contributed by atoms with E-state index in [-0.39, 0.29) is 6.10 Å². The third-order valence-corrected chi connectivity index (χ3v) is 1.97. The summed E-state index contributed by atoms with van der Waals surface area (Å²) in [6, 6.07) is 0. The maximum Gasteiger partial charge on any atom is 0.0900 e. The van der Waals surface area contributed by atoms with Gasteiger partial charge in [0, 0.05) is 26.2 Å². The first kappa shape index (κ1) is 13.8. The predicted octanol–water partition coefficient (Wildman–Crippen LogP) is -0.123. The maximum atomic E-state index is 9.54. The minimum atomic E-state index is -0.373. The van der Waals surface area contributed by atoms with Crippen molar-refractivity contribution in [3.05, 3.63) is 0 Å². The summed E-state index contributed by atoms with van der Waals surface area (Å²) in [4.78, 5) is 4.25. The van der Waals surface area contributed by atoms with Crippen LogP contribution in [0.3, 0.4) is 0 Å². The first-order valence-electron chi connectivity index (χ1n) is 5.15. The van der Waals surface area contributed by atoms with Gasteiger partial charge in [0.2, 0.25) is 0 Å². The van der Waals surface area contributed by atoms with Crippen LogP contribution in [-0.2, 0) is 4.74 Å². The largest absolute Gasteiger partial charge is 0.389 e. The third kappa shape index (κ3) is 8.44. The van der Waals surface area contributed by atoms with Gasteiger partial charge in [0.05, 0.1) is 12.7 Å². The van der Waals surface area contributed by atoms with E-state index >= 15 is 0 Å². The van der Waals surface area contributed by atoms with Crippen molar-refractivity contribution in [2.24, 2.45) is 0 Å². The Balaban J connectivity index is 3.44. The van der Waals surface area contributed by atoms with Gasteiger partial charge < -0.3 is 19.6 Å². The van der Waals surface area contributed by atoms with Crippen LogP contribution in [0.25, 0.3) is 0 Å². The van der Waals surface area contributed by atoms with E-state index in [2.05, 4.69) is 9.80 Å². The van der Waals surface area contributed by atoms with Crippen LogP contribution in [0, 0.1) is 0 Å². The Morgan fingerprint density at radius 3 is 2.36 bits per heavy atom. The van der Waals surface area contributed by atoms with Crippen LogP contribution >= 0.6 is 0 Å². The molecule has 0 aromatic heterocycles. The zero-order valence-electron chi connectivity index (χ0n) is 9.86. The SMILES string of the molecule is CCOCC(O)CN(C)CCN(C)C. The summed E-state index contributed by atoms with van der Waals surface area (Å²) in [7, 11) is 6.10. The number of aliphatic hydroxyl groups excluding tert-OH is 1. The van der Waals surface area contributed by atoms with Gasteiger partial charge in [0.25, 0.3) is 0 Å². The van der Waals surface area contributed by atoms with Crippen molar-refractivity contribution in [3.63, 3.8) is 0 Å². The molecule has 0 aliphatic carbocycles. The minimum Gasteiger partial charge on any atom is -0.389 e. The average Bonchev–Trinajstić information content (AvgIpc) is 2.11. The van der Waals surface area contributed by atoms with E-state index in [4.69, 9.17) is 4.74 Å². The van der Waals surface area contributed by atoms with Crippen molar-refractivity contribution in [1.82, 2.24) is 9.80 Å². The molecule has 0 saturated carbocycles. The molecule has 0 aliphatic rings. The van der Waals surface area contributed by atoms with Gasteiger partial charge in [0.15, 0.2) is 0 Å². The molecule has 0 aromatic carbocycles. The number of hydrogen-bond acceptors (Lipinski definition) is 4. The normalized spacial score (nSPS) is 13.9. The van der Waals surface area contributed by atoms with Crippen LogP contribution in [0.15, 0.2) is 0 Å². The van der Waals surface area contributed by atoms with Crippen molar-refractivity contribution >= 4 is 0 Å². The van der Waals surface area contributed by atoms with Crippen LogP contribution in [0.5, 0.6) is 0 Å². The summed E-state index contributed by atoms with van der Waals surface area (Å²) < 4.78 is 5.13. The van der Waals surface area contributed by atoms with E-state index in [1.807, 2.05) is 28.1 Å². The lowest BCUT2D eigenvalue weighted by molar-refractivity contribution is 0.0248. The predicted molar refractivity (Wildman–Crippen MR) is 58.6 cm³/mol. The Morgan fingerprint density at radius 1 is 1.21 bits per heavy atom. The summed E-state index contributed by atoms with van der Waals surface area (Å²) >= 11 is 0.